The van der Waals surface area contributed by atoms with E-state index in [4.69, 9.17) is 4.74 Å². The van der Waals surface area contributed by atoms with Crippen LogP contribution in [0, 0.1) is 5.82 Å². The minimum atomic E-state index is -0.252. The second kappa shape index (κ2) is 7.26. The molecule has 0 aliphatic carbocycles. The molecule has 2 nitrogen and oxygen atoms in total. The van der Waals surface area contributed by atoms with Crippen LogP contribution in [0.2, 0.25) is 0 Å². The van der Waals surface area contributed by atoms with E-state index in [0.717, 1.165) is 6.54 Å². The lowest BCUT2D eigenvalue weighted by Gasteiger charge is -2.21. The molecule has 1 aliphatic rings. The molecule has 1 heterocycles. The molecule has 0 bridgehead atoms. The molecule has 0 spiro atoms. The largest absolute Gasteiger partial charge is 0.494 e. The van der Waals surface area contributed by atoms with Crippen molar-refractivity contribution in [1.29, 1.82) is 0 Å². The molecule has 0 amide bonds. The molecule has 1 aromatic rings. The monoisotopic (exact) mass is 287 g/mol. The lowest BCUT2D eigenvalue weighted by Crippen LogP contribution is -2.28. The van der Waals surface area contributed by atoms with Gasteiger partial charge in [-0.1, -0.05) is 12.1 Å². The van der Waals surface area contributed by atoms with Crippen LogP contribution in [0.1, 0.15) is 5.56 Å². The van der Waals surface area contributed by atoms with Crippen molar-refractivity contribution in [3.63, 3.8) is 0 Å². The van der Waals surface area contributed by atoms with Gasteiger partial charge in [-0.3, -0.25) is 0 Å². The molecular weight excluding hydrogens is 269 g/mol. The number of hydrogen-bond acceptors (Lipinski definition) is 4. The van der Waals surface area contributed by atoms with Crippen LogP contribution >= 0.6 is 23.5 Å². The molecule has 100 valence electrons. The first-order valence-electron chi connectivity index (χ1n) is 6.02. The molecule has 5 heteroatoms. The Hall–Kier alpha value is -0.390. The lowest BCUT2D eigenvalue weighted by atomic mass is 10.2. The Morgan fingerprint density at radius 2 is 2.33 bits per heavy atom. The zero-order chi connectivity index (χ0) is 12.8. The summed E-state index contributed by atoms with van der Waals surface area (Å²) in [5.74, 6) is 3.74. The number of nitrogens with one attached hydrogen (secondary N) is 1. The van der Waals surface area contributed by atoms with Gasteiger partial charge in [0.1, 0.15) is 0 Å². The van der Waals surface area contributed by atoms with Gasteiger partial charge in [0, 0.05) is 41.2 Å². The summed E-state index contributed by atoms with van der Waals surface area (Å²) in [5, 5.41) is 3.98. The van der Waals surface area contributed by atoms with Gasteiger partial charge in [-0.2, -0.15) is 23.5 Å². The molecule has 1 saturated heterocycles. The molecular formula is C13H18FNOS2. The molecule has 1 unspecified atom stereocenters. The van der Waals surface area contributed by atoms with Crippen molar-refractivity contribution in [2.45, 2.75) is 11.8 Å². The molecule has 2 rings (SSSR count). The molecule has 1 N–H and O–H groups in total. The molecule has 0 radical (unpaired) electrons. The maximum absolute atomic E-state index is 13.9. The third-order valence-electron chi connectivity index (χ3n) is 2.84. The Balaban J connectivity index is 1.82. The van der Waals surface area contributed by atoms with Gasteiger partial charge in [0.25, 0.3) is 0 Å². The lowest BCUT2D eigenvalue weighted by molar-refractivity contribution is 0.383. The Morgan fingerprint density at radius 1 is 1.44 bits per heavy atom. The average molecular weight is 287 g/mol. The number of methoxy groups -OCH3 is 1. The number of halogens is 1. The fourth-order valence-electron chi connectivity index (χ4n) is 1.87. The minimum Gasteiger partial charge on any atom is -0.494 e. The highest BCUT2D eigenvalue weighted by atomic mass is 32.2. The van der Waals surface area contributed by atoms with Crippen LogP contribution in [0.15, 0.2) is 18.2 Å². The number of hydrogen-bond donors (Lipinski definition) is 1. The molecule has 0 aromatic heterocycles. The van der Waals surface area contributed by atoms with Gasteiger partial charge in [-0.15, -0.1) is 0 Å². The maximum Gasteiger partial charge on any atom is 0.169 e. The standard InChI is InChI=1S/C13H18FNOS2/c1-16-12-4-2-3-10(13(12)14)7-15-8-11-9-17-5-6-18-11/h2-4,11,15H,5-9H2,1H3. The number of thioether (sulfide) groups is 2. The van der Waals surface area contributed by atoms with Crippen molar-refractivity contribution in [2.24, 2.45) is 0 Å². The van der Waals surface area contributed by atoms with E-state index < -0.39 is 0 Å². The SMILES string of the molecule is COc1cccc(CNCC2CSCCS2)c1F. The Morgan fingerprint density at radius 3 is 3.06 bits per heavy atom. The van der Waals surface area contributed by atoms with Crippen molar-refractivity contribution in [1.82, 2.24) is 5.32 Å². The van der Waals surface area contributed by atoms with E-state index in [1.54, 1.807) is 12.1 Å². The van der Waals surface area contributed by atoms with Crippen LogP contribution in [-0.2, 0) is 6.54 Å². The van der Waals surface area contributed by atoms with Gasteiger partial charge in [0.05, 0.1) is 7.11 Å². The summed E-state index contributed by atoms with van der Waals surface area (Å²) in [7, 11) is 1.49. The fourth-order valence-corrected chi connectivity index (χ4v) is 4.52. The van der Waals surface area contributed by atoms with E-state index in [2.05, 4.69) is 5.32 Å². The van der Waals surface area contributed by atoms with Gasteiger partial charge in [-0.05, 0) is 6.07 Å². The first kappa shape index (κ1) is 14.0. The summed E-state index contributed by atoms with van der Waals surface area (Å²) in [5.41, 5.74) is 0.669. The van der Waals surface area contributed by atoms with Gasteiger partial charge < -0.3 is 10.1 Å². The van der Waals surface area contributed by atoms with Crippen molar-refractivity contribution in [3.8, 4) is 5.75 Å². The van der Waals surface area contributed by atoms with E-state index in [1.807, 2.05) is 29.6 Å². The van der Waals surface area contributed by atoms with Gasteiger partial charge >= 0.3 is 0 Å². The third-order valence-corrected chi connectivity index (χ3v) is 5.68. The second-order valence-corrected chi connectivity index (χ2v) is 6.69. The van der Waals surface area contributed by atoms with Crippen LogP contribution in [0.5, 0.6) is 5.75 Å². The van der Waals surface area contributed by atoms with E-state index in [0.29, 0.717) is 23.1 Å². The Bertz CT molecular complexity index is 383. The molecule has 1 aromatic carbocycles. The van der Waals surface area contributed by atoms with Crippen LogP contribution in [0.3, 0.4) is 0 Å². The van der Waals surface area contributed by atoms with Crippen molar-refractivity contribution < 1.29 is 9.13 Å². The smallest absolute Gasteiger partial charge is 0.169 e. The average Bonchev–Trinajstić information content (AvgIpc) is 2.42. The van der Waals surface area contributed by atoms with Crippen LogP contribution in [0.4, 0.5) is 4.39 Å². The zero-order valence-electron chi connectivity index (χ0n) is 10.4. The summed E-state index contributed by atoms with van der Waals surface area (Å²) >= 11 is 4.01. The quantitative estimate of drug-likeness (QED) is 0.898. The minimum absolute atomic E-state index is 0.252. The molecule has 1 fully saturated rings. The number of ether oxygens (including phenoxy) is 1. The van der Waals surface area contributed by atoms with E-state index in [-0.39, 0.29) is 5.82 Å². The normalized spacial score (nSPS) is 19.8. The van der Waals surface area contributed by atoms with Crippen molar-refractivity contribution in [2.75, 3.05) is 30.9 Å². The van der Waals surface area contributed by atoms with Gasteiger partial charge in [-0.25, -0.2) is 4.39 Å². The maximum atomic E-state index is 13.9. The first-order valence-corrected chi connectivity index (χ1v) is 8.23. The molecule has 1 atom stereocenters. The predicted molar refractivity (Wildman–Crippen MR) is 78.2 cm³/mol. The highest BCUT2D eigenvalue weighted by molar-refractivity contribution is 8.06. The Labute approximate surface area is 116 Å². The van der Waals surface area contributed by atoms with Crippen LogP contribution in [-0.4, -0.2) is 36.2 Å². The number of benzene rings is 1. The topological polar surface area (TPSA) is 21.3 Å². The van der Waals surface area contributed by atoms with E-state index in [1.165, 1.54) is 24.4 Å². The molecule has 0 saturated carbocycles. The summed E-state index contributed by atoms with van der Waals surface area (Å²) in [6.45, 7) is 1.50. The molecule has 18 heavy (non-hydrogen) atoms. The number of rotatable bonds is 5. The Kier molecular flexibility index (Phi) is 5.66. The summed E-state index contributed by atoms with van der Waals surface area (Å²) in [4.78, 5) is 0. The summed E-state index contributed by atoms with van der Waals surface area (Å²) in [6, 6.07) is 5.27. The summed E-state index contributed by atoms with van der Waals surface area (Å²) in [6.07, 6.45) is 0. The summed E-state index contributed by atoms with van der Waals surface area (Å²) < 4.78 is 18.8. The highest BCUT2D eigenvalue weighted by Gasteiger charge is 2.14. The van der Waals surface area contributed by atoms with Crippen LogP contribution < -0.4 is 10.1 Å². The third kappa shape index (κ3) is 3.80. The van der Waals surface area contributed by atoms with Gasteiger partial charge in [0.15, 0.2) is 11.6 Å². The molecule has 1 aliphatic heterocycles. The first-order chi connectivity index (χ1) is 8.81. The predicted octanol–water partition coefficient (Wildman–Crippen LogP) is 2.77. The van der Waals surface area contributed by atoms with Crippen molar-refractivity contribution in [3.05, 3.63) is 29.6 Å². The fraction of sp³-hybridized carbons (Fsp3) is 0.538. The zero-order valence-corrected chi connectivity index (χ0v) is 12.1. The van der Waals surface area contributed by atoms with Gasteiger partial charge in [0.2, 0.25) is 0 Å². The van der Waals surface area contributed by atoms with Crippen LogP contribution in [0.25, 0.3) is 0 Å². The second-order valence-electron chi connectivity index (χ2n) is 4.13. The van der Waals surface area contributed by atoms with E-state index in [9.17, 15) is 4.39 Å². The van der Waals surface area contributed by atoms with E-state index >= 15 is 0 Å². The highest BCUT2D eigenvalue weighted by Crippen LogP contribution is 2.24. The van der Waals surface area contributed by atoms with Crippen molar-refractivity contribution >= 4 is 23.5 Å².